The van der Waals surface area contributed by atoms with Crippen LogP contribution in [0.1, 0.15) is 43.4 Å². The third-order valence-electron chi connectivity index (χ3n) is 5.80. The average Bonchev–Trinajstić information content (AvgIpc) is 2.60. The molecule has 0 aromatic heterocycles. The second-order valence-corrected chi connectivity index (χ2v) is 6.84. The van der Waals surface area contributed by atoms with E-state index in [-0.39, 0.29) is 0 Å². The molecule has 2 aliphatic heterocycles. The van der Waals surface area contributed by atoms with Gasteiger partial charge >= 0.3 is 0 Å². The van der Waals surface area contributed by atoms with Crippen LogP contribution < -0.4 is 9.47 Å². The van der Waals surface area contributed by atoms with Gasteiger partial charge in [0.15, 0.2) is 11.5 Å². The molecule has 1 fully saturated rings. The lowest BCUT2D eigenvalue weighted by molar-refractivity contribution is 0.0409. The van der Waals surface area contributed by atoms with Crippen LogP contribution >= 0.6 is 0 Å². The lowest BCUT2D eigenvalue weighted by Crippen LogP contribution is -2.46. The molecule has 4 heteroatoms. The molecule has 0 bridgehead atoms. The van der Waals surface area contributed by atoms with Gasteiger partial charge in [0, 0.05) is 25.7 Å². The fourth-order valence-corrected chi connectivity index (χ4v) is 4.49. The summed E-state index contributed by atoms with van der Waals surface area (Å²) in [4.78, 5) is 2.64. The highest BCUT2D eigenvalue weighted by Gasteiger charge is 2.38. The summed E-state index contributed by atoms with van der Waals surface area (Å²) >= 11 is 0. The van der Waals surface area contributed by atoms with Gasteiger partial charge in [-0.25, -0.2) is 0 Å². The number of piperidine rings is 1. The maximum absolute atomic E-state index is 9.42. The zero-order chi connectivity index (χ0) is 16.4. The summed E-state index contributed by atoms with van der Waals surface area (Å²) in [5.74, 6) is 2.98. The molecule has 0 unspecified atom stereocenters. The van der Waals surface area contributed by atoms with Crippen LogP contribution in [0.25, 0.3) is 0 Å². The van der Waals surface area contributed by atoms with Gasteiger partial charge in [-0.05, 0) is 54.4 Å². The molecular weight excluding hydrogens is 290 g/mol. The van der Waals surface area contributed by atoms with Crippen molar-refractivity contribution in [2.45, 2.75) is 38.6 Å². The molecule has 3 atom stereocenters. The van der Waals surface area contributed by atoms with Gasteiger partial charge in [0.25, 0.3) is 0 Å². The van der Waals surface area contributed by atoms with Crippen molar-refractivity contribution in [3.63, 3.8) is 0 Å². The van der Waals surface area contributed by atoms with Crippen LogP contribution in [0.5, 0.6) is 11.5 Å². The molecular formula is C19H29NO3. The van der Waals surface area contributed by atoms with Crippen molar-refractivity contribution in [2.24, 2.45) is 11.8 Å². The Morgan fingerprint density at radius 1 is 1.17 bits per heavy atom. The van der Waals surface area contributed by atoms with Crippen molar-refractivity contribution in [2.75, 3.05) is 33.9 Å². The fourth-order valence-electron chi connectivity index (χ4n) is 4.49. The first-order chi connectivity index (χ1) is 11.2. The monoisotopic (exact) mass is 319 g/mol. The Hall–Kier alpha value is -1.26. The molecule has 0 radical (unpaired) electrons. The number of hydrogen-bond donors (Lipinski definition) is 1. The molecule has 2 aliphatic rings. The number of methoxy groups -OCH3 is 2. The second kappa shape index (κ2) is 7.10. The maximum Gasteiger partial charge on any atom is 0.161 e. The van der Waals surface area contributed by atoms with Gasteiger partial charge in [0.2, 0.25) is 0 Å². The fraction of sp³-hybridized carbons (Fsp3) is 0.684. The van der Waals surface area contributed by atoms with E-state index >= 15 is 0 Å². The Balaban J connectivity index is 1.92. The number of fused-ring (bicyclic) bond motifs is 3. The molecule has 0 spiro atoms. The van der Waals surface area contributed by atoms with E-state index in [1.54, 1.807) is 14.2 Å². The molecule has 1 aromatic carbocycles. The highest BCUT2D eigenvalue weighted by Crippen LogP contribution is 2.45. The Kier molecular flexibility index (Phi) is 5.12. The van der Waals surface area contributed by atoms with Crippen molar-refractivity contribution >= 4 is 0 Å². The molecule has 0 aliphatic carbocycles. The minimum absolute atomic E-state index is 0.298. The zero-order valence-corrected chi connectivity index (χ0v) is 14.5. The van der Waals surface area contributed by atoms with Crippen LogP contribution in [0.2, 0.25) is 0 Å². The van der Waals surface area contributed by atoms with Crippen LogP contribution in [-0.4, -0.2) is 43.9 Å². The topological polar surface area (TPSA) is 41.9 Å². The van der Waals surface area contributed by atoms with Gasteiger partial charge < -0.3 is 14.6 Å². The number of ether oxygens (including phenoxy) is 2. The van der Waals surface area contributed by atoms with Crippen molar-refractivity contribution in [3.05, 3.63) is 23.3 Å². The molecule has 4 nitrogen and oxygen atoms in total. The first-order valence-electron chi connectivity index (χ1n) is 8.81. The standard InChI is InChI=1S/C19H29NO3/c1-4-13-12-20-7-5-15-10-18(22-2)19(23-3)11-16(15)17(20)9-14(13)6-8-21/h10-11,13-14,17,21H,4-9,12H2,1-3H3/t13-,14+,17+/m1/s1. The summed E-state index contributed by atoms with van der Waals surface area (Å²) in [6.07, 6.45) is 4.34. The van der Waals surface area contributed by atoms with E-state index in [0.717, 1.165) is 43.9 Å². The van der Waals surface area contributed by atoms with E-state index in [1.807, 2.05) is 0 Å². The van der Waals surface area contributed by atoms with E-state index in [2.05, 4.69) is 24.0 Å². The third-order valence-corrected chi connectivity index (χ3v) is 5.80. The number of benzene rings is 1. The van der Waals surface area contributed by atoms with Gasteiger partial charge in [-0.15, -0.1) is 0 Å². The van der Waals surface area contributed by atoms with E-state index in [9.17, 15) is 5.11 Å². The first kappa shape index (κ1) is 16.6. The average molecular weight is 319 g/mol. The van der Waals surface area contributed by atoms with Crippen LogP contribution in [0.15, 0.2) is 12.1 Å². The van der Waals surface area contributed by atoms with Crippen molar-refractivity contribution < 1.29 is 14.6 Å². The summed E-state index contributed by atoms with van der Waals surface area (Å²) < 4.78 is 11.0. The van der Waals surface area contributed by atoms with Gasteiger partial charge in [0.05, 0.1) is 14.2 Å². The van der Waals surface area contributed by atoms with Crippen LogP contribution in [-0.2, 0) is 6.42 Å². The van der Waals surface area contributed by atoms with Crippen molar-refractivity contribution in [1.29, 1.82) is 0 Å². The predicted molar refractivity (Wildman–Crippen MR) is 91.2 cm³/mol. The minimum Gasteiger partial charge on any atom is -0.493 e. The molecule has 128 valence electrons. The number of aliphatic hydroxyl groups excluding tert-OH is 1. The molecule has 23 heavy (non-hydrogen) atoms. The summed E-state index contributed by atoms with van der Waals surface area (Å²) in [5.41, 5.74) is 2.79. The highest BCUT2D eigenvalue weighted by atomic mass is 16.5. The zero-order valence-electron chi connectivity index (χ0n) is 14.5. The molecule has 1 saturated heterocycles. The van der Waals surface area contributed by atoms with E-state index in [1.165, 1.54) is 17.5 Å². The minimum atomic E-state index is 0.298. The van der Waals surface area contributed by atoms with Crippen LogP contribution in [0, 0.1) is 11.8 Å². The van der Waals surface area contributed by atoms with Crippen LogP contribution in [0.4, 0.5) is 0 Å². The Labute approximate surface area is 139 Å². The van der Waals surface area contributed by atoms with E-state index < -0.39 is 0 Å². The normalized spacial score (nSPS) is 27.2. The maximum atomic E-state index is 9.42. The largest absolute Gasteiger partial charge is 0.493 e. The number of aliphatic hydroxyl groups is 1. The van der Waals surface area contributed by atoms with Gasteiger partial charge in [0.1, 0.15) is 0 Å². The molecule has 0 saturated carbocycles. The SMILES string of the molecule is CC[C@@H]1CN2CCc3cc(OC)c(OC)cc3[C@@H]2C[C@@H]1CCO. The number of rotatable bonds is 5. The summed E-state index contributed by atoms with van der Waals surface area (Å²) in [5, 5.41) is 9.42. The lowest BCUT2D eigenvalue weighted by Gasteiger charge is -2.47. The second-order valence-electron chi connectivity index (χ2n) is 6.84. The number of nitrogens with zero attached hydrogens (tertiary/aromatic N) is 1. The molecule has 1 aromatic rings. The van der Waals surface area contributed by atoms with Gasteiger partial charge in [-0.1, -0.05) is 13.3 Å². The molecule has 3 rings (SSSR count). The Bertz CT molecular complexity index is 546. The number of hydrogen-bond acceptors (Lipinski definition) is 4. The molecule has 2 heterocycles. The van der Waals surface area contributed by atoms with E-state index in [4.69, 9.17) is 9.47 Å². The summed E-state index contributed by atoms with van der Waals surface area (Å²) in [7, 11) is 3.40. The highest BCUT2D eigenvalue weighted by molar-refractivity contribution is 5.49. The predicted octanol–water partition coefficient (Wildman–Crippen LogP) is 3.03. The molecule has 0 amide bonds. The van der Waals surface area contributed by atoms with Crippen molar-refractivity contribution in [3.8, 4) is 11.5 Å². The Morgan fingerprint density at radius 3 is 2.57 bits per heavy atom. The Morgan fingerprint density at radius 2 is 1.91 bits per heavy atom. The van der Waals surface area contributed by atoms with Crippen molar-refractivity contribution in [1.82, 2.24) is 4.90 Å². The van der Waals surface area contributed by atoms with Gasteiger partial charge in [-0.2, -0.15) is 0 Å². The lowest BCUT2D eigenvalue weighted by atomic mass is 9.74. The summed E-state index contributed by atoms with van der Waals surface area (Å²) in [6, 6.07) is 4.78. The first-order valence-corrected chi connectivity index (χ1v) is 8.81. The smallest absolute Gasteiger partial charge is 0.161 e. The third kappa shape index (κ3) is 3.07. The summed E-state index contributed by atoms with van der Waals surface area (Å²) in [6.45, 7) is 4.85. The quantitative estimate of drug-likeness (QED) is 0.906. The molecule has 1 N–H and O–H groups in total. The van der Waals surface area contributed by atoms with Gasteiger partial charge in [-0.3, -0.25) is 4.90 Å². The van der Waals surface area contributed by atoms with E-state index in [0.29, 0.717) is 24.5 Å². The van der Waals surface area contributed by atoms with Crippen LogP contribution in [0.3, 0.4) is 0 Å².